The molecule has 1 saturated heterocycles. The van der Waals surface area contributed by atoms with Crippen LogP contribution in [0.3, 0.4) is 0 Å². The van der Waals surface area contributed by atoms with Crippen LogP contribution in [-0.2, 0) is 11.3 Å². The summed E-state index contributed by atoms with van der Waals surface area (Å²) in [7, 11) is 0. The van der Waals surface area contributed by atoms with Crippen LogP contribution in [0.4, 0.5) is 13.6 Å². The average Bonchev–Trinajstić information content (AvgIpc) is 3.50. The number of nitrogens with zero attached hydrogens (tertiary/aromatic N) is 7. The number of hydrogen-bond acceptors (Lipinski definition) is 6. The third-order valence-corrected chi connectivity index (χ3v) is 6.29. The van der Waals surface area contributed by atoms with Crippen molar-refractivity contribution in [3.8, 4) is 5.69 Å². The molecule has 0 unspecified atom stereocenters. The predicted octanol–water partition coefficient (Wildman–Crippen LogP) is 4.45. The number of fused-ring (bicyclic) bond motifs is 1. The quantitative estimate of drug-likeness (QED) is 0.415. The van der Waals surface area contributed by atoms with Crippen LogP contribution in [-0.4, -0.2) is 59.4 Å². The molecule has 0 saturated carbocycles. The van der Waals surface area contributed by atoms with Crippen LogP contribution in [0.2, 0.25) is 0 Å². The first-order valence-corrected chi connectivity index (χ1v) is 11.8. The third kappa shape index (κ3) is 4.91. The Morgan fingerprint density at radius 1 is 1.14 bits per heavy atom. The fourth-order valence-corrected chi connectivity index (χ4v) is 4.53. The number of amides is 1. The lowest BCUT2D eigenvalue weighted by molar-refractivity contribution is 0.0204. The Morgan fingerprint density at radius 2 is 1.92 bits per heavy atom. The molecule has 1 aromatic carbocycles. The lowest BCUT2D eigenvalue weighted by atomic mass is 9.90. The summed E-state index contributed by atoms with van der Waals surface area (Å²) in [6.45, 7) is 6.70. The van der Waals surface area contributed by atoms with Gasteiger partial charge in [0.25, 0.3) is 0 Å². The van der Waals surface area contributed by atoms with E-state index in [4.69, 9.17) is 4.74 Å². The van der Waals surface area contributed by atoms with E-state index in [9.17, 15) is 9.18 Å². The van der Waals surface area contributed by atoms with Gasteiger partial charge in [-0.05, 0) is 73.7 Å². The molecule has 3 aromatic heterocycles. The van der Waals surface area contributed by atoms with Crippen molar-refractivity contribution in [2.24, 2.45) is 0 Å². The van der Waals surface area contributed by atoms with Crippen molar-refractivity contribution >= 4 is 17.0 Å². The number of likely N-dealkylation sites (tertiary alicyclic amines) is 1. The summed E-state index contributed by atoms with van der Waals surface area (Å²) in [5.74, 6) is -0.791. The summed E-state index contributed by atoms with van der Waals surface area (Å²) in [6, 6.07) is 6.37. The van der Waals surface area contributed by atoms with Gasteiger partial charge in [-0.3, -0.25) is 4.98 Å². The van der Waals surface area contributed by atoms with E-state index in [1.807, 2.05) is 20.8 Å². The van der Waals surface area contributed by atoms with Gasteiger partial charge in [0.15, 0.2) is 0 Å². The van der Waals surface area contributed by atoms with Gasteiger partial charge in [0.05, 0.1) is 23.4 Å². The molecule has 4 aromatic rings. The molecule has 11 heteroatoms. The number of rotatable bonds is 4. The highest BCUT2D eigenvalue weighted by atomic mass is 19.1. The topological polar surface area (TPSA) is 91.0 Å². The first-order chi connectivity index (χ1) is 17.2. The molecule has 1 fully saturated rings. The van der Waals surface area contributed by atoms with Crippen LogP contribution < -0.4 is 0 Å². The third-order valence-electron chi connectivity index (χ3n) is 6.29. The molecule has 0 bridgehead atoms. The summed E-state index contributed by atoms with van der Waals surface area (Å²) in [6.07, 6.45) is 5.87. The van der Waals surface area contributed by atoms with E-state index < -0.39 is 17.2 Å². The monoisotopic (exact) mass is 495 g/mol. The van der Waals surface area contributed by atoms with Crippen molar-refractivity contribution < 1.29 is 18.3 Å². The molecule has 1 amide bonds. The Balaban J connectivity index is 1.28. The van der Waals surface area contributed by atoms with Crippen molar-refractivity contribution in [3.05, 3.63) is 65.9 Å². The second-order valence-electron chi connectivity index (χ2n) is 10.0. The molecule has 0 aliphatic carbocycles. The maximum absolute atomic E-state index is 15.1. The zero-order valence-corrected chi connectivity index (χ0v) is 20.4. The van der Waals surface area contributed by atoms with Gasteiger partial charge < -0.3 is 14.2 Å². The smallest absolute Gasteiger partial charge is 0.410 e. The highest BCUT2D eigenvalue weighted by Crippen LogP contribution is 2.30. The van der Waals surface area contributed by atoms with Crippen molar-refractivity contribution in [1.82, 2.24) is 34.7 Å². The van der Waals surface area contributed by atoms with Gasteiger partial charge in [-0.1, -0.05) is 0 Å². The van der Waals surface area contributed by atoms with Gasteiger partial charge in [-0.25, -0.2) is 18.3 Å². The molecule has 0 N–H and O–H groups in total. The number of piperidine rings is 1. The van der Waals surface area contributed by atoms with Crippen LogP contribution in [0, 0.1) is 11.6 Å². The van der Waals surface area contributed by atoms with Crippen molar-refractivity contribution in [1.29, 1.82) is 0 Å². The van der Waals surface area contributed by atoms with Crippen molar-refractivity contribution in [2.45, 2.75) is 51.7 Å². The first kappa shape index (κ1) is 23.8. The molecule has 0 radical (unpaired) electrons. The molecule has 0 spiro atoms. The molecule has 0 atom stereocenters. The minimum Gasteiger partial charge on any atom is -0.444 e. The second kappa shape index (κ2) is 9.29. The molecule has 5 rings (SSSR count). The van der Waals surface area contributed by atoms with Crippen LogP contribution in [0.15, 0.2) is 43.0 Å². The molecule has 4 heterocycles. The van der Waals surface area contributed by atoms with Crippen LogP contribution in [0.1, 0.15) is 50.8 Å². The summed E-state index contributed by atoms with van der Waals surface area (Å²) in [5, 5.41) is 11.6. The standard InChI is InChI=1S/C25H27F2N7O2/c1-25(2,3)36-24(35)32-7-4-16(5-8-32)18-11-20(26)22(28-13-18)14-33-9-6-17-10-19(12-21(27)23(17)33)34-15-29-30-31-34/h6,9-13,15-16H,4-5,7-8,14H2,1-3H3. The lowest BCUT2D eigenvalue weighted by Gasteiger charge is -2.33. The van der Waals surface area contributed by atoms with Crippen LogP contribution >= 0.6 is 0 Å². The molecular weight excluding hydrogens is 468 g/mol. The Labute approximate surface area is 206 Å². The zero-order chi connectivity index (χ0) is 25.4. The maximum Gasteiger partial charge on any atom is 0.410 e. The van der Waals surface area contributed by atoms with E-state index in [2.05, 4.69) is 20.5 Å². The molecule has 1 aliphatic rings. The van der Waals surface area contributed by atoms with Crippen molar-refractivity contribution in [2.75, 3.05) is 13.1 Å². The maximum atomic E-state index is 15.1. The zero-order valence-electron chi connectivity index (χ0n) is 20.4. The minimum absolute atomic E-state index is 0.0911. The van der Waals surface area contributed by atoms with E-state index in [1.165, 1.54) is 23.1 Å². The van der Waals surface area contributed by atoms with Gasteiger partial charge in [0.2, 0.25) is 0 Å². The number of halogens is 2. The number of ether oxygens (including phenoxy) is 1. The SMILES string of the molecule is CC(C)(C)OC(=O)N1CCC(c2cnc(Cn3ccc4cc(-n5cnnn5)cc(F)c43)c(F)c2)CC1. The fourth-order valence-electron chi connectivity index (χ4n) is 4.53. The fraction of sp³-hybridized carbons (Fsp3) is 0.400. The summed E-state index contributed by atoms with van der Waals surface area (Å²) >= 11 is 0. The highest BCUT2D eigenvalue weighted by Gasteiger charge is 2.28. The number of carbonyl (C=O) groups is 1. The Kier molecular flexibility index (Phi) is 6.15. The number of tetrazole rings is 1. The van der Waals surface area contributed by atoms with E-state index in [0.717, 1.165) is 5.56 Å². The molecule has 36 heavy (non-hydrogen) atoms. The summed E-state index contributed by atoms with van der Waals surface area (Å²) in [4.78, 5) is 18.4. The predicted molar refractivity (Wildman–Crippen MR) is 128 cm³/mol. The van der Waals surface area contributed by atoms with Crippen molar-refractivity contribution in [3.63, 3.8) is 0 Å². The first-order valence-electron chi connectivity index (χ1n) is 11.8. The van der Waals surface area contributed by atoms with Gasteiger partial charge in [0.1, 0.15) is 23.6 Å². The van der Waals surface area contributed by atoms with E-state index in [1.54, 1.807) is 34.0 Å². The second-order valence-corrected chi connectivity index (χ2v) is 10.0. The largest absolute Gasteiger partial charge is 0.444 e. The molecular formula is C25H27F2N7O2. The van der Waals surface area contributed by atoms with Gasteiger partial charge in [-0.2, -0.15) is 0 Å². The Bertz CT molecular complexity index is 1390. The molecule has 188 valence electrons. The Hall–Kier alpha value is -3.89. The minimum atomic E-state index is -0.540. The van der Waals surface area contributed by atoms with Gasteiger partial charge in [0, 0.05) is 36.9 Å². The van der Waals surface area contributed by atoms with E-state index >= 15 is 4.39 Å². The number of pyridine rings is 1. The number of benzene rings is 1. The number of hydrogen-bond donors (Lipinski definition) is 0. The average molecular weight is 496 g/mol. The van der Waals surface area contributed by atoms with Gasteiger partial charge >= 0.3 is 6.09 Å². The van der Waals surface area contributed by atoms with E-state index in [0.29, 0.717) is 42.5 Å². The lowest BCUT2D eigenvalue weighted by Crippen LogP contribution is -2.41. The number of aromatic nitrogens is 6. The Morgan fingerprint density at radius 3 is 2.58 bits per heavy atom. The normalized spacial score (nSPS) is 15.0. The summed E-state index contributed by atoms with van der Waals surface area (Å²) < 4.78 is 38.5. The van der Waals surface area contributed by atoms with Crippen LogP contribution in [0.5, 0.6) is 0 Å². The van der Waals surface area contributed by atoms with E-state index in [-0.39, 0.29) is 24.2 Å². The molecule has 1 aliphatic heterocycles. The molecule has 9 nitrogen and oxygen atoms in total. The number of carbonyl (C=O) groups excluding carboxylic acids is 1. The van der Waals surface area contributed by atoms with Crippen LogP contribution in [0.25, 0.3) is 16.6 Å². The van der Waals surface area contributed by atoms with Gasteiger partial charge in [-0.15, -0.1) is 5.10 Å². The summed E-state index contributed by atoms with van der Waals surface area (Å²) in [5.41, 5.74) is 1.34. The highest BCUT2D eigenvalue weighted by molar-refractivity contribution is 5.83.